The molecule has 6 rings (SSSR count). The van der Waals surface area contributed by atoms with E-state index < -0.39 is 11.7 Å². The third kappa shape index (κ3) is 5.18. The van der Waals surface area contributed by atoms with Crippen LogP contribution in [-0.2, 0) is 11.2 Å². The van der Waals surface area contributed by atoms with E-state index in [9.17, 15) is 9.59 Å². The summed E-state index contributed by atoms with van der Waals surface area (Å²) in [4.78, 5) is 27.3. The average Bonchev–Trinajstić information content (AvgIpc) is 3.45. The molecular formula is C32H29NO8. The quantitative estimate of drug-likeness (QED) is 0.231. The summed E-state index contributed by atoms with van der Waals surface area (Å²) in [5.41, 5.74) is 3.66. The molecule has 3 aromatic carbocycles. The number of methoxy groups -OCH3 is 2. The second-order valence-electron chi connectivity index (χ2n) is 9.87. The van der Waals surface area contributed by atoms with Gasteiger partial charge in [0.15, 0.2) is 23.0 Å². The molecule has 0 bridgehead atoms. The summed E-state index contributed by atoms with van der Waals surface area (Å²) in [6.07, 6.45) is 3.97. The van der Waals surface area contributed by atoms with Crippen LogP contribution in [0.15, 0.2) is 69.9 Å². The fourth-order valence-electron chi connectivity index (χ4n) is 5.32. The van der Waals surface area contributed by atoms with Crippen molar-refractivity contribution in [2.24, 2.45) is 0 Å². The number of fused-ring (bicyclic) bond motifs is 3. The van der Waals surface area contributed by atoms with E-state index in [0.29, 0.717) is 47.3 Å². The van der Waals surface area contributed by atoms with Crippen LogP contribution >= 0.6 is 0 Å². The van der Waals surface area contributed by atoms with Gasteiger partial charge in [-0.05, 0) is 78.1 Å². The molecule has 1 unspecified atom stereocenters. The molecule has 0 fully saturated rings. The Bertz CT molecular complexity index is 1720. The molecule has 4 aromatic rings. The van der Waals surface area contributed by atoms with Crippen molar-refractivity contribution < 1.29 is 32.9 Å². The number of rotatable bonds is 7. The Morgan fingerprint density at radius 2 is 1.80 bits per heavy atom. The van der Waals surface area contributed by atoms with Crippen molar-refractivity contribution >= 4 is 23.0 Å². The van der Waals surface area contributed by atoms with Gasteiger partial charge in [-0.15, -0.1) is 0 Å². The number of hydrogen-bond donors (Lipinski definition) is 0. The molecule has 9 heteroatoms. The van der Waals surface area contributed by atoms with Crippen LogP contribution in [0.2, 0.25) is 0 Å². The fourth-order valence-corrected chi connectivity index (χ4v) is 5.32. The molecule has 0 saturated heterocycles. The van der Waals surface area contributed by atoms with Crippen LogP contribution in [0, 0.1) is 6.92 Å². The highest BCUT2D eigenvalue weighted by molar-refractivity contribution is 5.92. The number of nitrogens with zero attached hydrogens (tertiary/aromatic N) is 1. The second kappa shape index (κ2) is 10.9. The molecule has 9 nitrogen and oxygen atoms in total. The number of ether oxygens (including phenoxy) is 5. The normalized spacial score (nSPS) is 15.7. The van der Waals surface area contributed by atoms with Crippen LogP contribution < -0.4 is 29.3 Å². The van der Waals surface area contributed by atoms with Gasteiger partial charge >= 0.3 is 5.63 Å². The van der Waals surface area contributed by atoms with Gasteiger partial charge < -0.3 is 33.0 Å². The monoisotopic (exact) mass is 555 g/mol. The van der Waals surface area contributed by atoms with Crippen LogP contribution in [0.25, 0.3) is 17.0 Å². The van der Waals surface area contributed by atoms with Crippen molar-refractivity contribution in [3.63, 3.8) is 0 Å². The molecule has 1 aromatic heterocycles. The lowest BCUT2D eigenvalue weighted by molar-refractivity contribution is -0.129. The number of carbonyl (C=O) groups excluding carboxylic acids is 1. The Morgan fingerprint density at radius 1 is 1.00 bits per heavy atom. The Kier molecular flexibility index (Phi) is 7.01. The van der Waals surface area contributed by atoms with Crippen molar-refractivity contribution in [2.75, 3.05) is 34.2 Å². The number of benzene rings is 3. The SMILES string of the molecule is COc1cc2c(cc1OC)C(COc1ccc3c(C)cc(=O)oc3c1)N(C(=O)C=Cc1ccc3c(c1)OCO3)CC2. The van der Waals surface area contributed by atoms with Gasteiger partial charge in [0, 0.05) is 30.1 Å². The second-order valence-corrected chi connectivity index (χ2v) is 9.87. The van der Waals surface area contributed by atoms with Gasteiger partial charge in [0.05, 0.1) is 20.3 Å². The van der Waals surface area contributed by atoms with Gasteiger partial charge in [-0.3, -0.25) is 4.79 Å². The summed E-state index contributed by atoms with van der Waals surface area (Å²) < 4.78 is 33.6. The van der Waals surface area contributed by atoms with Gasteiger partial charge in [-0.2, -0.15) is 0 Å². The highest BCUT2D eigenvalue weighted by Crippen LogP contribution is 2.39. The van der Waals surface area contributed by atoms with Gasteiger partial charge in [0.1, 0.15) is 17.9 Å². The molecule has 0 aliphatic carbocycles. The highest BCUT2D eigenvalue weighted by Gasteiger charge is 2.32. The van der Waals surface area contributed by atoms with E-state index in [1.54, 1.807) is 37.3 Å². The Labute approximate surface area is 236 Å². The van der Waals surface area contributed by atoms with Crippen molar-refractivity contribution in [1.29, 1.82) is 0 Å². The van der Waals surface area contributed by atoms with E-state index >= 15 is 0 Å². The highest BCUT2D eigenvalue weighted by atomic mass is 16.7. The minimum atomic E-state index is -0.416. The summed E-state index contributed by atoms with van der Waals surface area (Å²) >= 11 is 0. The Balaban J connectivity index is 1.30. The fraction of sp³-hybridized carbons (Fsp3) is 0.250. The van der Waals surface area contributed by atoms with E-state index in [1.165, 1.54) is 6.07 Å². The minimum absolute atomic E-state index is 0.156. The molecule has 210 valence electrons. The molecule has 0 saturated carbocycles. The van der Waals surface area contributed by atoms with Crippen LogP contribution in [-0.4, -0.2) is 45.0 Å². The van der Waals surface area contributed by atoms with Gasteiger partial charge in [0.25, 0.3) is 0 Å². The Morgan fingerprint density at radius 3 is 2.63 bits per heavy atom. The van der Waals surface area contributed by atoms with Crippen LogP contribution in [0.4, 0.5) is 0 Å². The molecule has 0 N–H and O–H groups in total. The maximum Gasteiger partial charge on any atom is 0.336 e. The van der Waals surface area contributed by atoms with Gasteiger partial charge in [-0.25, -0.2) is 4.79 Å². The zero-order valence-electron chi connectivity index (χ0n) is 23.0. The summed E-state index contributed by atoms with van der Waals surface area (Å²) in [5, 5.41) is 0.835. The van der Waals surface area contributed by atoms with E-state index in [2.05, 4.69) is 0 Å². The maximum atomic E-state index is 13.6. The first kappa shape index (κ1) is 26.3. The molecule has 0 spiro atoms. The van der Waals surface area contributed by atoms with Crippen LogP contribution in [0.3, 0.4) is 0 Å². The maximum absolute atomic E-state index is 13.6. The van der Waals surface area contributed by atoms with Crippen LogP contribution in [0.1, 0.15) is 28.3 Å². The zero-order valence-corrected chi connectivity index (χ0v) is 23.0. The standard InChI is InChI=1S/C32H29NO8/c1-19-12-32(35)41-27-15-22(6-7-23(19)27)38-17-25-24-16-29(37-3)28(36-2)14-21(24)10-11-33(25)31(34)9-5-20-4-8-26-30(13-20)40-18-39-26/h4-9,12-16,25H,10-11,17-18H2,1-3H3. The predicted molar refractivity (Wildman–Crippen MR) is 152 cm³/mol. The predicted octanol–water partition coefficient (Wildman–Crippen LogP) is 5.07. The summed E-state index contributed by atoms with van der Waals surface area (Å²) in [7, 11) is 3.19. The summed E-state index contributed by atoms with van der Waals surface area (Å²) in [6.45, 7) is 2.72. The molecule has 2 aliphatic rings. The molecule has 1 atom stereocenters. The third-order valence-corrected chi connectivity index (χ3v) is 7.43. The molecule has 0 radical (unpaired) electrons. The summed E-state index contributed by atoms with van der Waals surface area (Å²) in [5.74, 6) is 2.92. The molecule has 2 aliphatic heterocycles. The lowest BCUT2D eigenvalue weighted by Crippen LogP contribution is -2.41. The third-order valence-electron chi connectivity index (χ3n) is 7.43. The topological polar surface area (TPSA) is 96.7 Å². The Hall–Kier alpha value is -4.92. The van der Waals surface area contributed by atoms with Crippen molar-refractivity contribution in [3.8, 4) is 28.7 Å². The van der Waals surface area contributed by atoms with Crippen LogP contribution in [0.5, 0.6) is 28.7 Å². The number of carbonyl (C=O) groups is 1. The number of amides is 1. The first-order valence-electron chi connectivity index (χ1n) is 13.2. The number of aryl methyl sites for hydroxylation is 1. The van der Waals surface area contributed by atoms with Crippen molar-refractivity contribution in [2.45, 2.75) is 19.4 Å². The van der Waals surface area contributed by atoms with E-state index in [1.807, 2.05) is 49.4 Å². The number of hydrogen-bond acceptors (Lipinski definition) is 8. The van der Waals surface area contributed by atoms with Crippen molar-refractivity contribution in [1.82, 2.24) is 4.90 Å². The molecule has 1 amide bonds. The lowest BCUT2D eigenvalue weighted by Gasteiger charge is -2.37. The van der Waals surface area contributed by atoms with Gasteiger partial charge in [0.2, 0.25) is 12.7 Å². The first-order valence-corrected chi connectivity index (χ1v) is 13.2. The lowest BCUT2D eigenvalue weighted by atomic mass is 9.92. The minimum Gasteiger partial charge on any atom is -0.493 e. The largest absolute Gasteiger partial charge is 0.493 e. The average molecular weight is 556 g/mol. The van der Waals surface area contributed by atoms with E-state index in [-0.39, 0.29) is 19.3 Å². The van der Waals surface area contributed by atoms with Crippen molar-refractivity contribution in [3.05, 3.63) is 93.3 Å². The van der Waals surface area contributed by atoms with E-state index in [4.69, 9.17) is 28.1 Å². The van der Waals surface area contributed by atoms with Gasteiger partial charge in [-0.1, -0.05) is 6.07 Å². The smallest absolute Gasteiger partial charge is 0.336 e. The molecule has 41 heavy (non-hydrogen) atoms. The molecular weight excluding hydrogens is 526 g/mol. The summed E-state index contributed by atoms with van der Waals surface area (Å²) in [6, 6.07) is 15.9. The first-order chi connectivity index (χ1) is 19.9. The van der Waals surface area contributed by atoms with E-state index in [0.717, 1.165) is 27.6 Å². The molecule has 3 heterocycles. The zero-order chi connectivity index (χ0) is 28.5.